The normalized spacial score (nSPS) is 28.4. The summed E-state index contributed by atoms with van der Waals surface area (Å²) in [7, 11) is 0. The zero-order valence-electron chi connectivity index (χ0n) is 11.6. The van der Waals surface area contributed by atoms with E-state index in [0.717, 1.165) is 12.8 Å². The molecule has 20 heavy (non-hydrogen) atoms. The van der Waals surface area contributed by atoms with Crippen molar-refractivity contribution in [3.8, 4) is 0 Å². The second kappa shape index (κ2) is 4.93. The molecule has 0 spiro atoms. The van der Waals surface area contributed by atoms with Crippen LogP contribution in [0.3, 0.4) is 0 Å². The number of nitrogens with zero attached hydrogens (tertiary/aromatic N) is 1. The van der Waals surface area contributed by atoms with Gasteiger partial charge < -0.3 is 10.0 Å². The lowest BCUT2D eigenvalue weighted by Crippen LogP contribution is -2.41. The van der Waals surface area contributed by atoms with E-state index in [-0.39, 0.29) is 17.7 Å². The molecule has 1 saturated heterocycles. The first kappa shape index (κ1) is 13.2. The second-order valence-electron chi connectivity index (χ2n) is 5.83. The third-order valence-electron chi connectivity index (χ3n) is 4.52. The molecule has 1 heterocycles. The monoisotopic (exact) mass is 273 g/mol. The van der Waals surface area contributed by atoms with Gasteiger partial charge in [-0.1, -0.05) is 24.3 Å². The molecule has 0 bridgehead atoms. The molecule has 1 amide bonds. The summed E-state index contributed by atoms with van der Waals surface area (Å²) in [6, 6.07) is 7.52. The van der Waals surface area contributed by atoms with E-state index in [1.165, 1.54) is 11.1 Å². The van der Waals surface area contributed by atoms with Gasteiger partial charge in [0.15, 0.2) is 0 Å². The first-order valence-electron chi connectivity index (χ1n) is 7.18. The number of amides is 1. The van der Waals surface area contributed by atoms with Crippen molar-refractivity contribution in [3.63, 3.8) is 0 Å². The zero-order valence-corrected chi connectivity index (χ0v) is 11.6. The first-order valence-corrected chi connectivity index (χ1v) is 7.18. The fraction of sp³-hybridized carbons (Fsp3) is 0.500. The summed E-state index contributed by atoms with van der Waals surface area (Å²) in [5.41, 5.74) is 2.45. The lowest BCUT2D eigenvalue weighted by Gasteiger charge is -2.21. The summed E-state index contributed by atoms with van der Waals surface area (Å²) < 4.78 is 0. The third kappa shape index (κ3) is 2.19. The largest absolute Gasteiger partial charge is 0.480 e. The number of carbonyl (C=O) groups excluding carboxylic acids is 1. The maximum absolute atomic E-state index is 12.5. The van der Waals surface area contributed by atoms with Gasteiger partial charge in [0.1, 0.15) is 6.04 Å². The minimum Gasteiger partial charge on any atom is -0.480 e. The van der Waals surface area contributed by atoms with Crippen LogP contribution in [0.5, 0.6) is 0 Å². The Bertz CT molecular complexity index is 554. The summed E-state index contributed by atoms with van der Waals surface area (Å²) in [6.07, 6.45) is 2.24. The van der Waals surface area contributed by atoms with Gasteiger partial charge in [-0.05, 0) is 43.2 Å². The van der Waals surface area contributed by atoms with Crippen LogP contribution in [0.1, 0.15) is 36.3 Å². The highest BCUT2D eigenvalue weighted by Gasteiger charge is 2.48. The molecule has 1 saturated carbocycles. The van der Waals surface area contributed by atoms with Crippen LogP contribution in [0.2, 0.25) is 0 Å². The Morgan fingerprint density at radius 2 is 2.05 bits per heavy atom. The lowest BCUT2D eigenvalue weighted by molar-refractivity contribution is -0.148. The van der Waals surface area contributed by atoms with Crippen molar-refractivity contribution in [2.24, 2.45) is 5.92 Å². The van der Waals surface area contributed by atoms with E-state index in [2.05, 4.69) is 19.1 Å². The minimum atomic E-state index is -0.871. The van der Waals surface area contributed by atoms with Crippen LogP contribution < -0.4 is 0 Å². The van der Waals surface area contributed by atoms with E-state index in [4.69, 9.17) is 5.11 Å². The molecule has 106 valence electrons. The Kier molecular flexibility index (Phi) is 3.24. The summed E-state index contributed by atoms with van der Waals surface area (Å²) >= 11 is 0. The molecule has 2 fully saturated rings. The van der Waals surface area contributed by atoms with Gasteiger partial charge in [-0.2, -0.15) is 0 Å². The van der Waals surface area contributed by atoms with Crippen molar-refractivity contribution in [3.05, 3.63) is 35.4 Å². The van der Waals surface area contributed by atoms with Crippen molar-refractivity contribution in [1.82, 2.24) is 4.90 Å². The Hall–Kier alpha value is -1.84. The minimum absolute atomic E-state index is 0.0175. The van der Waals surface area contributed by atoms with Gasteiger partial charge >= 0.3 is 5.97 Å². The van der Waals surface area contributed by atoms with Crippen LogP contribution >= 0.6 is 0 Å². The van der Waals surface area contributed by atoms with Crippen LogP contribution in [0, 0.1) is 12.8 Å². The number of benzene rings is 1. The van der Waals surface area contributed by atoms with Gasteiger partial charge in [0.2, 0.25) is 5.91 Å². The van der Waals surface area contributed by atoms with Gasteiger partial charge in [-0.3, -0.25) is 4.79 Å². The number of carboxylic acid groups (broad SMARTS) is 1. The Labute approximate surface area is 118 Å². The number of carbonyl (C=O) groups is 2. The second-order valence-corrected chi connectivity index (χ2v) is 5.83. The number of hydrogen-bond acceptors (Lipinski definition) is 2. The van der Waals surface area contributed by atoms with Gasteiger partial charge in [-0.25, -0.2) is 4.79 Å². The average molecular weight is 273 g/mol. The van der Waals surface area contributed by atoms with Crippen molar-refractivity contribution >= 4 is 11.9 Å². The summed E-state index contributed by atoms with van der Waals surface area (Å²) in [6.45, 7) is 2.65. The predicted octanol–water partition coefficient (Wildman–Crippen LogP) is 2.17. The molecular weight excluding hydrogens is 254 g/mol. The highest BCUT2D eigenvalue weighted by atomic mass is 16.4. The van der Waals surface area contributed by atoms with E-state index in [1.54, 1.807) is 4.90 Å². The Morgan fingerprint density at radius 3 is 2.75 bits per heavy atom. The number of carboxylic acids is 1. The van der Waals surface area contributed by atoms with Crippen molar-refractivity contribution in [2.45, 2.75) is 38.1 Å². The lowest BCUT2D eigenvalue weighted by atomic mass is 10.0. The maximum Gasteiger partial charge on any atom is 0.326 e. The van der Waals surface area contributed by atoms with Crippen molar-refractivity contribution in [1.29, 1.82) is 0 Å². The molecule has 1 aliphatic heterocycles. The third-order valence-corrected chi connectivity index (χ3v) is 4.52. The number of aryl methyl sites for hydroxylation is 1. The summed E-state index contributed by atoms with van der Waals surface area (Å²) in [4.78, 5) is 25.2. The van der Waals surface area contributed by atoms with Crippen LogP contribution in [0.15, 0.2) is 24.3 Å². The van der Waals surface area contributed by atoms with Gasteiger partial charge in [0.05, 0.1) is 0 Å². The summed E-state index contributed by atoms with van der Waals surface area (Å²) in [5, 5.41) is 9.17. The molecule has 0 aromatic heterocycles. The fourth-order valence-corrected chi connectivity index (χ4v) is 3.31. The molecule has 3 atom stereocenters. The standard InChI is InChI=1S/C16H19NO3/c1-10-5-2-3-6-11(10)12-9-13(12)15(18)17-8-4-7-14(17)16(19)20/h2-3,5-6,12-14H,4,7-9H2,1H3,(H,19,20). The molecule has 2 aliphatic rings. The van der Waals surface area contributed by atoms with Gasteiger partial charge in [0, 0.05) is 12.5 Å². The van der Waals surface area contributed by atoms with E-state index in [1.807, 2.05) is 12.1 Å². The molecule has 1 N–H and O–H groups in total. The number of aliphatic carboxylic acids is 1. The Morgan fingerprint density at radius 1 is 1.30 bits per heavy atom. The molecule has 1 aromatic rings. The maximum atomic E-state index is 12.5. The SMILES string of the molecule is Cc1ccccc1C1CC1C(=O)N1CCCC1C(=O)O. The van der Waals surface area contributed by atoms with Crippen molar-refractivity contribution in [2.75, 3.05) is 6.54 Å². The highest BCUT2D eigenvalue weighted by Crippen LogP contribution is 2.50. The Balaban J connectivity index is 1.72. The number of rotatable bonds is 3. The molecule has 0 radical (unpaired) electrons. The zero-order chi connectivity index (χ0) is 14.3. The van der Waals surface area contributed by atoms with E-state index in [9.17, 15) is 9.59 Å². The smallest absolute Gasteiger partial charge is 0.326 e. The quantitative estimate of drug-likeness (QED) is 0.918. The molecule has 3 rings (SSSR count). The fourth-order valence-electron chi connectivity index (χ4n) is 3.31. The highest BCUT2D eigenvalue weighted by molar-refractivity contribution is 5.88. The number of hydrogen-bond donors (Lipinski definition) is 1. The first-order chi connectivity index (χ1) is 9.59. The topological polar surface area (TPSA) is 57.6 Å². The van der Waals surface area contributed by atoms with E-state index in [0.29, 0.717) is 13.0 Å². The van der Waals surface area contributed by atoms with Gasteiger partial charge in [0.25, 0.3) is 0 Å². The molecule has 4 nitrogen and oxygen atoms in total. The predicted molar refractivity (Wildman–Crippen MR) is 74.4 cm³/mol. The molecule has 1 aromatic carbocycles. The van der Waals surface area contributed by atoms with Gasteiger partial charge in [-0.15, -0.1) is 0 Å². The molecular formula is C16H19NO3. The summed E-state index contributed by atoms with van der Waals surface area (Å²) in [5.74, 6) is -0.582. The molecule has 3 unspecified atom stereocenters. The van der Waals surface area contributed by atoms with E-state index < -0.39 is 12.0 Å². The molecule has 4 heteroatoms. The average Bonchev–Trinajstić information content (AvgIpc) is 3.05. The van der Waals surface area contributed by atoms with Crippen LogP contribution in [0.25, 0.3) is 0 Å². The van der Waals surface area contributed by atoms with Crippen LogP contribution in [-0.4, -0.2) is 34.5 Å². The van der Waals surface area contributed by atoms with E-state index >= 15 is 0 Å². The van der Waals surface area contributed by atoms with Crippen LogP contribution in [0.4, 0.5) is 0 Å². The van der Waals surface area contributed by atoms with Crippen LogP contribution in [-0.2, 0) is 9.59 Å². The number of likely N-dealkylation sites (tertiary alicyclic amines) is 1. The molecule has 1 aliphatic carbocycles. The van der Waals surface area contributed by atoms with Crippen molar-refractivity contribution < 1.29 is 14.7 Å².